The first-order chi connectivity index (χ1) is 8.99. The zero-order valence-electron chi connectivity index (χ0n) is 10.8. The van der Waals surface area contributed by atoms with E-state index in [0.717, 1.165) is 0 Å². The second-order valence-electron chi connectivity index (χ2n) is 3.86. The smallest absolute Gasteiger partial charge is 0.341 e. The van der Waals surface area contributed by atoms with Crippen LogP contribution in [0.1, 0.15) is 29.3 Å². The van der Waals surface area contributed by atoms with Crippen molar-refractivity contribution in [3.63, 3.8) is 0 Å². The van der Waals surface area contributed by atoms with E-state index in [0.29, 0.717) is 23.1 Å². The molecular formula is C13H16BrFO4. The van der Waals surface area contributed by atoms with Crippen molar-refractivity contribution in [2.45, 2.75) is 26.1 Å². The minimum atomic E-state index is -0.933. The lowest BCUT2D eigenvalue weighted by Crippen LogP contribution is -2.15. The van der Waals surface area contributed by atoms with E-state index in [9.17, 15) is 14.3 Å². The van der Waals surface area contributed by atoms with Gasteiger partial charge in [0.25, 0.3) is 0 Å². The number of carbonyl (C=O) groups excluding carboxylic acids is 1. The van der Waals surface area contributed by atoms with Crippen molar-refractivity contribution < 1.29 is 23.8 Å². The standard InChI is InChI=1S/C13H16BrFO4/c1-3-19-11(16)5-4-8-6-9(14)7-10(15)12(8)13(17)18-2/h6-7,11,16H,3-5H2,1-2H3. The van der Waals surface area contributed by atoms with Crippen LogP contribution in [0.3, 0.4) is 0 Å². The Labute approximate surface area is 119 Å². The monoisotopic (exact) mass is 334 g/mol. The fourth-order valence-corrected chi connectivity index (χ4v) is 2.19. The summed E-state index contributed by atoms with van der Waals surface area (Å²) >= 11 is 3.17. The average molecular weight is 335 g/mol. The Morgan fingerprint density at radius 3 is 2.79 bits per heavy atom. The summed E-state index contributed by atoms with van der Waals surface area (Å²) in [5.74, 6) is -1.38. The highest BCUT2D eigenvalue weighted by molar-refractivity contribution is 9.10. The molecule has 0 aromatic heterocycles. The van der Waals surface area contributed by atoms with Crippen molar-refractivity contribution >= 4 is 21.9 Å². The van der Waals surface area contributed by atoms with E-state index in [1.54, 1.807) is 13.0 Å². The maximum atomic E-state index is 13.8. The van der Waals surface area contributed by atoms with Crippen LogP contribution < -0.4 is 0 Å². The highest BCUT2D eigenvalue weighted by Crippen LogP contribution is 2.23. The zero-order chi connectivity index (χ0) is 14.4. The van der Waals surface area contributed by atoms with Gasteiger partial charge in [-0.15, -0.1) is 0 Å². The first-order valence-corrected chi connectivity index (χ1v) is 6.64. The molecule has 1 aromatic rings. The number of hydrogen-bond acceptors (Lipinski definition) is 4. The number of methoxy groups -OCH3 is 1. The quantitative estimate of drug-likeness (QED) is 0.641. The van der Waals surface area contributed by atoms with Crippen molar-refractivity contribution in [2.75, 3.05) is 13.7 Å². The molecule has 0 saturated heterocycles. The molecule has 1 N–H and O–H groups in total. The number of halogens is 2. The molecule has 4 nitrogen and oxygen atoms in total. The summed E-state index contributed by atoms with van der Waals surface area (Å²) in [6.07, 6.45) is -0.354. The Kier molecular flexibility index (Phi) is 6.41. The Morgan fingerprint density at radius 1 is 1.53 bits per heavy atom. The summed E-state index contributed by atoms with van der Waals surface area (Å²) in [6.45, 7) is 2.15. The third-order valence-corrected chi connectivity index (χ3v) is 3.00. The Morgan fingerprint density at radius 2 is 2.21 bits per heavy atom. The normalized spacial score (nSPS) is 12.3. The van der Waals surface area contributed by atoms with Crippen LogP contribution in [-0.4, -0.2) is 31.1 Å². The number of hydrogen-bond donors (Lipinski definition) is 1. The number of aliphatic hydroxyl groups is 1. The molecule has 6 heteroatoms. The van der Waals surface area contributed by atoms with Crippen molar-refractivity contribution in [3.8, 4) is 0 Å². The van der Waals surface area contributed by atoms with E-state index in [1.165, 1.54) is 13.2 Å². The predicted molar refractivity (Wildman–Crippen MR) is 71.4 cm³/mol. The largest absolute Gasteiger partial charge is 0.465 e. The average Bonchev–Trinajstić information content (AvgIpc) is 2.35. The summed E-state index contributed by atoms with van der Waals surface area (Å²) in [5.41, 5.74) is 0.367. The van der Waals surface area contributed by atoms with Crippen LogP contribution in [0.5, 0.6) is 0 Å². The summed E-state index contributed by atoms with van der Waals surface area (Å²) < 4.78 is 23.9. The van der Waals surface area contributed by atoms with Gasteiger partial charge in [-0.2, -0.15) is 0 Å². The van der Waals surface area contributed by atoms with Gasteiger partial charge in [0, 0.05) is 17.5 Å². The third kappa shape index (κ3) is 4.56. The van der Waals surface area contributed by atoms with Gasteiger partial charge in [0.15, 0.2) is 6.29 Å². The first kappa shape index (κ1) is 16.1. The highest BCUT2D eigenvalue weighted by atomic mass is 79.9. The molecular weight excluding hydrogens is 319 g/mol. The van der Waals surface area contributed by atoms with E-state index in [2.05, 4.69) is 20.7 Å². The maximum absolute atomic E-state index is 13.8. The number of benzene rings is 1. The van der Waals surface area contributed by atoms with Gasteiger partial charge < -0.3 is 14.6 Å². The number of esters is 1. The summed E-state index contributed by atoms with van der Waals surface area (Å²) in [7, 11) is 1.20. The van der Waals surface area contributed by atoms with Crippen LogP contribution in [0.25, 0.3) is 0 Å². The third-order valence-electron chi connectivity index (χ3n) is 2.55. The molecule has 0 fully saturated rings. The van der Waals surface area contributed by atoms with Crippen LogP contribution >= 0.6 is 15.9 Å². The zero-order valence-corrected chi connectivity index (χ0v) is 12.4. The van der Waals surface area contributed by atoms with Gasteiger partial charge in [-0.05, 0) is 31.0 Å². The van der Waals surface area contributed by atoms with Crippen molar-refractivity contribution in [3.05, 3.63) is 33.5 Å². The van der Waals surface area contributed by atoms with Crippen LogP contribution in [-0.2, 0) is 15.9 Å². The predicted octanol–water partition coefficient (Wildman–Crippen LogP) is 2.66. The molecule has 0 aliphatic carbocycles. The molecule has 19 heavy (non-hydrogen) atoms. The summed E-state index contributed by atoms with van der Waals surface area (Å²) in [4.78, 5) is 11.6. The van der Waals surface area contributed by atoms with Crippen molar-refractivity contribution in [1.29, 1.82) is 0 Å². The molecule has 0 radical (unpaired) electrons. The van der Waals surface area contributed by atoms with Gasteiger partial charge in [0.1, 0.15) is 5.82 Å². The van der Waals surface area contributed by atoms with E-state index in [4.69, 9.17) is 4.74 Å². The van der Waals surface area contributed by atoms with Crippen molar-refractivity contribution in [1.82, 2.24) is 0 Å². The van der Waals surface area contributed by atoms with E-state index < -0.39 is 18.1 Å². The molecule has 0 aliphatic rings. The number of carbonyl (C=O) groups is 1. The molecule has 1 aromatic carbocycles. The lowest BCUT2D eigenvalue weighted by Gasteiger charge is -2.13. The fraction of sp³-hybridized carbons (Fsp3) is 0.462. The number of aryl methyl sites for hydroxylation is 1. The van der Waals surface area contributed by atoms with E-state index in [-0.39, 0.29) is 12.0 Å². The lowest BCUT2D eigenvalue weighted by molar-refractivity contribution is -0.0980. The fourth-order valence-electron chi connectivity index (χ4n) is 1.71. The molecule has 0 aliphatic heterocycles. The Hall–Kier alpha value is -0.980. The van der Waals surface area contributed by atoms with Gasteiger partial charge in [-0.1, -0.05) is 15.9 Å². The van der Waals surface area contributed by atoms with E-state index >= 15 is 0 Å². The lowest BCUT2D eigenvalue weighted by atomic mass is 10.0. The topological polar surface area (TPSA) is 55.8 Å². The Balaban J connectivity index is 2.94. The number of aliphatic hydroxyl groups excluding tert-OH is 1. The van der Waals surface area contributed by atoms with Gasteiger partial charge in [-0.3, -0.25) is 0 Å². The molecule has 106 valence electrons. The molecule has 0 saturated carbocycles. The molecule has 0 spiro atoms. The summed E-state index contributed by atoms with van der Waals surface area (Å²) in [5, 5.41) is 9.49. The maximum Gasteiger partial charge on any atom is 0.341 e. The van der Waals surface area contributed by atoms with Crippen molar-refractivity contribution in [2.24, 2.45) is 0 Å². The van der Waals surface area contributed by atoms with Gasteiger partial charge in [0.05, 0.1) is 12.7 Å². The summed E-state index contributed by atoms with van der Waals surface area (Å²) in [6, 6.07) is 2.84. The van der Waals surface area contributed by atoms with Crippen LogP contribution in [0, 0.1) is 5.82 Å². The minimum absolute atomic E-state index is 0.102. The van der Waals surface area contributed by atoms with Crippen LogP contribution in [0.4, 0.5) is 4.39 Å². The van der Waals surface area contributed by atoms with Gasteiger partial charge in [-0.25, -0.2) is 9.18 Å². The molecule has 0 heterocycles. The highest BCUT2D eigenvalue weighted by Gasteiger charge is 2.19. The number of ether oxygens (including phenoxy) is 2. The molecule has 0 bridgehead atoms. The van der Waals surface area contributed by atoms with Gasteiger partial charge in [0.2, 0.25) is 0 Å². The van der Waals surface area contributed by atoms with E-state index in [1.807, 2.05) is 0 Å². The van der Waals surface area contributed by atoms with Crippen LogP contribution in [0.15, 0.2) is 16.6 Å². The first-order valence-electron chi connectivity index (χ1n) is 5.85. The number of rotatable bonds is 6. The SMILES string of the molecule is CCOC(O)CCc1cc(Br)cc(F)c1C(=O)OC. The molecule has 0 amide bonds. The van der Waals surface area contributed by atoms with Crippen LogP contribution in [0.2, 0.25) is 0 Å². The molecule has 1 rings (SSSR count). The molecule has 1 atom stereocenters. The molecule has 1 unspecified atom stereocenters. The Bertz CT molecular complexity index is 451. The minimum Gasteiger partial charge on any atom is -0.465 e. The van der Waals surface area contributed by atoms with Gasteiger partial charge >= 0.3 is 5.97 Å². The second-order valence-corrected chi connectivity index (χ2v) is 4.78. The second kappa shape index (κ2) is 7.57.